The lowest BCUT2D eigenvalue weighted by Gasteiger charge is -2.12. The Bertz CT molecular complexity index is 663. The third kappa shape index (κ3) is 3.12. The maximum atomic E-state index is 12.0. The van der Waals surface area contributed by atoms with Crippen molar-refractivity contribution in [2.24, 2.45) is 5.10 Å². The molecule has 0 saturated carbocycles. The topological polar surface area (TPSA) is 71.0 Å². The summed E-state index contributed by atoms with van der Waals surface area (Å²) in [7, 11) is 1.78. The van der Waals surface area contributed by atoms with Crippen LogP contribution in [0.25, 0.3) is 0 Å². The van der Waals surface area contributed by atoms with Gasteiger partial charge in [0.1, 0.15) is 6.10 Å². The van der Waals surface area contributed by atoms with Gasteiger partial charge in [-0.3, -0.25) is 9.59 Å². The van der Waals surface area contributed by atoms with E-state index < -0.39 is 0 Å². The van der Waals surface area contributed by atoms with E-state index in [1.807, 2.05) is 25.1 Å². The lowest BCUT2D eigenvalue weighted by atomic mass is 10.0. The van der Waals surface area contributed by atoms with Gasteiger partial charge in [0.2, 0.25) is 5.91 Å². The van der Waals surface area contributed by atoms with Gasteiger partial charge in [-0.1, -0.05) is 13.0 Å². The molecule has 122 valence electrons. The van der Waals surface area contributed by atoms with E-state index >= 15 is 0 Å². The second-order valence-corrected chi connectivity index (χ2v) is 5.86. The summed E-state index contributed by atoms with van der Waals surface area (Å²) in [4.78, 5) is 25.4. The highest BCUT2D eigenvalue weighted by Crippen LogP contribution is 2.28. The SMILES string of the molecule is CC/C(=N\NC(=O)C1CCCO1)c1ccc2c(c1)CC(=O)N2C. The molecular weight excluding hydrogens is 294 g/mol. The summed E-state index contributed by atoms with van der Waals surface area (Å²) in [6, 6.07) is 5.86. The van der Waals surface area contributed by atoms with E-state index in [1.165, 1.54) is 0 Å². The van der Waals surface area contributed by atoms with Gasteiger partial charge in [0.15, 0.2) is 0 Å². The van der Waals surface area contributed by atoms with Crippen molar-refractivity contribution in [1.82, 2.24) is 5.43 Å². The Balaban J connectivity index is 1.76. The minimum absolute atomic E-state index is 0.0961. The predicted octanol–water partition coefficient (Wildman–Crippen LogP) is 1.61. The number of carbonyl (C=O) groups excluding carboxylic acids is 2. The maximum absolute atomic E-state index is 12.0. The molecule has 6 nitrogen and oxygen atoms in total. The van der Waals surface area contributed by atoms with Gasteiger partial charge in [0.05, 0.1) is 12.1 Å². The van der Waals surface area contributed by atoms with Gasteiger partial charge in [0.25, 0.3) is 5.91 Å². The van der Waals surface area contributed by atoms with E-state index in [0.29, 0.717) is 19.4 Å². The average Bonchev–Trinajstić information content (AvgIpc) is 3.17. The Labute approximate surface area is 135 Å². The van der Waals surface area contributed by atoms with E-state index in [9.17, 15) is 9.59 Å². The lowest BCUT2D eigenvalue weighted by molar-refractivity contribution is -0.130. The molecule has 23 heavy (non-hydrogen) atoms. The third-order valence-electron chi connectivity index (χ3n) is 4.35. The van der Waals surface area contributed by atoms with Gasteiger partial charge in [-0.2, -0.15) is 5.10 Å². The fourth-order valence-electron chi connectivity index (χ4n) is 2.98. The Hall–Kier alpha value is -2.21. The number of nitrogens with zero attached hydrogens (tertiary/aromatic N) is 2. The number of carbonyl (C=O) groups is 2. The molecule has 1 aromatic rings. The minimum atomic E-state index is -0.386. The van der Waals surface area contributed by atoms with Crippen molar-refractivity contribution >= 4 is 23.2 Å². The number of fused-ring (bicyclic) bond motifs is 1. The predicted molar refractivity (Wildman–Crippen MR) is 87.5 cm³/mol. The van der Waals surface area contributed by atoms with E-state index in [4.69, 9.17) is 4.74 Å². The number of anilines is 1. The quantitative estimate of drug-likeness (QED) is 0.678. The van der Waals surface area contributed by atoms with Crippen LogP contribution in [0.3, 0.4) is 0 Å². The van der Waals surface area contributed by atoms with Crippen LogP contribution >= 0.6 is 0 Å². The summed E-state index contributed by atoms with van der Waals surface area (Å²) in [5.41, 5.74) is 6.27. The van der Waals surface area contributed by atoms with Gasteiger partial charge in [-0.05, 0) is 42.5 Å². The standard InChI is InChI=1S/C17H21N3O3/c1-3-13(18-19-17(22)15-5-4-8-23-15)11-6-7-14-12(9-11)10-16(21)20(14)2/h6-7,9,15H,3-5,8,10H2,1-2H3,(H,19,22)/b18-13+. The molecule has 1 fully saturated rings. The molecule has 2 amide bonds. The van der Waals surface area contributed by atoms with Gasteiger partial charge < -0.3 is 9.64 Å². The van der Waals surface area contributed by atoms with Crippen LogP contribution in [0, 0.1) is 0 Å². The van der Waals surface area contributed by atoms with Gasteiger partial charge >= 0.3 is 0 Å². The molecule has 1 saturated heterocycles. The summed E-state index contributed by atoms with van der Waals surface area (Å²) in [6.45, 7) is 2.62. The molecule has 0 aliphatic carbocycles. The first kappa shape index (κ1) is 15.7. The number of rotatable bonds is 4. The van der Waals surface area contributed by atoms with Crippen molar-refractivity contribution in [3.05, 3.63) is 29.3 Å². The van der Waals surface area contributed by atoms with Crippen molar-refractivity contribution in [3.8, 4) is 0 Å². The Morgan fingerprint density at radius 2 is 2.30 bits per heavy atom. The van der Waals surface area contributed by atoms with Crippen molar-refractivity contribution in [3.63, 3.8) is 0 Å². The summed E-state index contributed by atoms with van der Waals surface area (Å²) < 4.78 is 5.35. The normalized spacial score (nSPS) is 20.8. The zero-order valence-electron chi connectivity index (χ0n) is 13.5. The molecule has 0 spiro atoms. The molecule has 0 aromatic heterocycles. The Kier molecular flexibility index (Phi) is 4.43. The highest BCUT2D eigenvalue weighted by Gasteiger charge is 2.25. The molecule has 0 radical (unpaired) electrons. The number of benzene rings is 1. The smallest absolute Gasteiger partial charge is 0.269 e. The molecule has 1 atom stereocenters. The zero-order chi connectivity index (χ0) is 16.4. The number of amides is 2. The molecular formula is C17H21N3O3. The Morgan fingerprint density at radius 3 is 3.00 bits per heavy atom. The number of hydrazone groups is 1. The number of nitrogens with one attached hydrogen (secondary N) is 1. The lowest BCUT2D eigenvalue weighted by Crippen LogP contribution is -2.31. The fraction of sp³-hybridized carbons (Fsp3) is 0.471. The number of hydrogen-bond acceptors (Lipinski definition) is 4. The van der Waals surface area contributed by atoms with Crippen molar-refractivity contribution in [2.75, 3.05) is 18.6 Å². The number of hydrogen-bond donors (Lipinski definition) is 1. The Morgan fingerprint density at radius 1 is 1.48 bits per heavy atom. The number of ether oxygens (including phenoxy) is 1. The molecule has 2 aliphatic heterocycles. The highest BCUT2D eigenvalue weighted by atomic mass is 16.5. The van der Waals surface area contributed by atoms with Crippen molar-refractivity contribution in [2.45, 2.75) is 38.7 Å². The minimum Gasteiger partial charge on any atom is -0.368 e. The van der Waals surface area contributed by atoms with Gasteiger partial charge in [-0.15, -0.1) is 0 Å². The van der Waals surface area contributed by atoms with Crippen LogP contribution in [0.1, 0.15) is 37.3 Å². The molecule has 6 heteroatoms. The first-order valence-corrected chi connectivity index (χ1v) is 7.98. The monoisotopic (exact) mass is 315 g/mol. The molecule has 3 rings (SSSR count). The summed E-state index contributed by atoms with van der Waals surface area (Å²) in [6.07, 6.45) is 2.38. The molecule has 2 aliphatic rings. The zero-order valence-corrected chi connectivity index (χ0v) is 13.5. The van der Waals surface area contributed by atoms with Crippen LogP contribution in [0.2, 0.25) is 0 Å². The van der Waals surface area contributed by atoms with Crippen molar-refractivity contribution < 1.29 is 14.3 Å². The van der Waals surface area contributed by atoms with Crippen LogP contribution in [-0.4, -0.2) is 37.3 Å². The molecule has 1 aromatic carbocycles. The summed E-state index contributed by atoms with van der Waals surface area (Å²) in [5.74, 6) is -0.0941. The number of likely N-dealkylation sites (N-methyl/N-ethyl adjacent to an activating group) is 1. The van der Waals surface area contributed by atoms with Crippen LogP contribution in [0.4, 0.5) is 5.69 Å². The van der Waals surface area contributed by atoms with Gasteiger partial charge in [-0.25, -0.2) is 5.43 Å². The first-order chi connectivity index (χ1) is 11.1. The molecule has 2 heterocycles. The highest BCUT2D eigenvalue weighted by molar-refractivity contribution is 6.05. The molecule has 0 bridgehead atoms. The van der Waals surface area contributed by atoms with Crippen LogP contribution in [0.15, 0.2) is 23.3 Å². The first-order valence-electron chi connectivity index (χ1n) is 7.98. The van der Waals surface area contributed by atoms with Crippen LogP contribution < -0.4 is 10.3 Å². The third-order valence-corrected chi connectivity index (χ3v) is 4.35. The maximum Gasteiger partial charge on any atom is 0.269 e. The van der Waals surface area contributed by atoms with E-state index in [1.54, 1.807) is 11.9 Å². The van der Waals surface area contributed by atoms with Gasteiger partial charge in [0, 0.05) is 19.3 Å². The van der Waals surface area contributed by atoms with E-state index in [-0.39, 0.29) is 17.9 Å². The van der Waals surface area contributed by atoms with Crippen LogP contribution in [0.5, 0.6) is 0 Å². The average molecular weight is 315 g/mol. The summed E-state index contributed by atoms with van der Waals surface area (Å²) in [5, 5.41) is 4.26. The van der Waals surface area contributed by atoms with Crippen molar-refractivity contribution in [1.29, 1.82) is 0 Å². The van der Waals surface area contributed by atoms with E-state index in [2.05, 4.69) is 10.5 Å². The summed E-state index contributed by atoms with van der Waals surface area (Å²) >= 11 is 0. The largest absolute Gasteiger partial charge is 0.368 e. The second kappa shape index (κ2) is 6.50. The molecule has 1 N–H and O–H groups in total. The molecule has 1 unspecified atom stereocenters. The second-order valence-electron chi connectivity index (χ2n) is 5.86. The fourth-order valence-corrected chi connectivity index (χ4v) is 2.98. The van der Waals surface area contributed by atoms with Crippen LogP contribution in [-0.2, 0) is 20.7 Å². The van der Waals surface area contributed by atoms with E-state index in [0.717, 1.165) is 35.4 Å².